The van der Waals surface area contributed by atoms with Gasteiger partial charge in [0.05, 0.1) is 0 Å². The summed E-state index contributed by atoms with van der Waals surface area (Å²) in [6.07, 6.45) is 0.813. The summed E-state index contributed by atoms with van der Waals surface area (Å²) in [5.74, 6) is -1.95. The molecule has 1 aliphatic heterocycles. The van der Waals surface area contributed by atoms with Crippen LogP contribution in [0.3, 0.4) is 0 Å². The number of ether oxygens (including phenoxy) is 1. The van der Waals surface area contributed by atoms with Crippen molar-refractivity contribution >= 4 is 5.91 Å². The minimum Gasteiger partial charge on any atom is -0.484 e. The zero-order chi connectivity index (χ0) is 15.5. The number of hydrogen-bond acceptors (Lipinski definition) is 2. The summed E-state index contributed by atoms with van der Waals surface area (Å²) in [5.41, 5.74) is 2.39. The highest BCUT2D eigenvalue weighted by atomic mass is 19.2. The minimum atomic E-state index is -0.989. The molecule has 0 aliphatic carbocycles. The summed E-state index contributed by atoms with van der Waals surface area (Å²) in [5, 5.41) is 0. The molecular formula is C17H15F2NO2. The fraction of sp³-hybridized carbons (Fsp3) is 0.235. The predicted octanol–water partition coefficient (Wildman–Crippen LogP) is 2.93. The first-order valence-corrected chi connectivity index (χ1v) is 7.06. The first-order valence-electron chi connectivity index (χ1n) is 7.06. The molecule has 0 saturated carbocycles. The maximum absolute atomic E-state index is 13.1. The second-order valence-corrected chi connectivity index (χ2v) is 5.20. The van der Waals surface area contributed by atoms with Gasteiger partial charge in [-0.2, -0.15) is 0 Å². The Bertz CT molecular complexity index is 703. The van der Waals surface area contributed by atoms with Gasteiger partial charge >= 0.3 is 0 Å². The van der Waals surface area contributed by atoms with E-state index in [9.17, 15) is 13.6 Å². The fourth-order valence-corrected chi connectivity index (χ4v) is 2.51. The van der Waals surface area contributed by atoms with Crippen molar-refractivity contribution in [3.05, 3.63) is 65.2 Å². The van der Waals surface area contributed by atoms with Crippen LogP contribution in [-0.4, -0.2) is 24.0 Å². The topological polar surface area (TPSA) is 29.5 Å². The largest absolute Gasteiger partial charge is 0.484 e. The Labute approximate surface area is 127 Å². The molecule has 0 fully saturated rings. The van der Waals surface area contributed by atoms with E-state index >= 15 is 0 Å². The molecule has 22 heavy (non-hydrogen) atoms. The van der Waals surface area contributed by atoms with E-state index in [0.717, 1.165) is 24.1 Å². The summed E-state index contributed by atoms with van der Waals surface area (Å²) >= 11 is 0. The lowest BCUT2D eigenvalue weighted by Gasteiger charge is -2.28. The quantitative estimate of drug-likeness (QED) is 0.872. The van der Waals surface area contributed by atoms with Crippen LogP contribution in [0.25, 0.3) is 0 Å². The summed E-state index contributed by atoms with van der Waals surface area (Å²) in [6, 6.07) is 11.2. The number of benzene rings is 2. The molecule has 3 rings (SSSR count). The summed E-state index contributed by atoms with van der Waals surface area (Å²) in [4.78, 5) is 13.9. The SMILES string of the molecule is O=C(COc1ccc(F)c(F)c1)N1CCc2ccccc2C1. The van der Waals surface area contributed by atoms with Crippen LogP contribution in [0.4, 0.5) is 8.78 Å². The predicted molar refractivity (Wildman–Crippen MR) is 77.4 cm³/mol. The number of halogens is 2. The molecular weight excluding hydrogens is 288 g/mol. The first kappa shape index (κ1) is 14.5. The van der Waals surface area contributed by atoms with Crippen LogP contribution in [-0.2, 0) is 17.8 Å². The van der Waals surface area contributed by atoms with E-state index in [1.165, 1.54) is 11.6 Å². The van der Waals surface area contributed by atoms with Gasteiger partial charge in [0.15, 0.2) is 18.2 Å². The van der Waals surface area contributed by atoms with E-state index < -0.39 is 11.6 Å². The third-order valence-corrected chi connectivity index (χ3v) is 3.74. The van der Waals surface area contributed by atoms with E-state index in [0.29, 0.717) is 13.1 Å². The van der Waals surface area contributed by atoms with Gasteiger partial charge in [-0.25, -0.2) is 8.78 Å². The molecule has 0 saturated heterocycles. The molecule has 1 amide bonds. The highest BCUT2D eigenvalue weighted by Crippen LogP contribution is 2.19. The standard InChI is InChI=1S/C17H15F2NO2/c18-15-6-5-14(9-16(15)19)22-11-17(21)20-8-7-12-3-1-2-4-13(12)10-20/h1-6,9H,7-8,10-11H2. The monoisotopic (exact) mass is 303 g/mol. The highest BCUT2D eigenvalue weighted by molar-refractivity contribution is 5.78. The third-order valence-electron chi connectivity index (χ3n) is 3.74. The molecule has 0 spiro atoms. The molecule has 0 radical (unpaired) electrons. The summed E-state index contributed by atoms with van der Waals surface area (Å²) in [6.45, 7) is 1.00. The van der Waals surface area contributed by atoms with Gasteiger partial charge < -0.3 is 9.64 Å². The first-order chi connectivity index (χ1) is 10.6. The normalized spacial score (nSPS) is 13.6. The van der Waals surface area contributed by atoms with Crippen LogP contribution in [0.2, 0.25) is 0 Å². The van der Waals surface area contributed by atoms with Crippen molar-refractivity contribution in [1.29, 1.82) is 0 Å². The Balaban J connectivity index is 1.60. The van der Waals surface area contributed by atoms with Crippen molar-refractivity contribution in [3.8, 4) is 5.75 Å². The molecule has 3 nitrogen and oxygen atoms in total. The van der Waals surface area contributed by atoms with Gasteiger partial charge in [-0.1, -0.05) is 24.3 Å². The maximum Gasteiger partial charge on any atom is 0.260 e. The van der Waals surface area contributed by atoms with E-state index in [-0.39, 0.29) is 18.3 Å². The molecule has 2 aromatic rings. The second-order valence-electron chi connectivity index (χ2n) is 5.20. The van der Waals surface area contributed by atoms with Crippen molar-refractivity contribution in [2.45, 2.75) is 13.0 Å². The summed E-state index contributed by atoms with van der Waals surface area (Å²) < 4.78 is 31.1. The van der Waals surface area contributed by atoms with Crippen LogP contribution in [0.15, 0.2) is 42.5 Å². The van der Waals surface area contributed by atoms with E-state index in [2.05, 4.69) is 6.07 Å². The Kier molecular flexibility index (Phi) is 4.04. The van der Waals surface area contributed by atoms with Crippen molar-refractivity contribution < 1.29 is 18.3 Å². The number of nitrogens with zero attached hydrogens (tertiary/aromatic N) is 1. The number of fused-ring (bicyclic) bond motifs is 1. The van der Waals surface area contributed by atoms with Gasteiger partial charge in [-0.05, 0) is 29.7 Å². The van der Waals surface area contributed by atoms with Gasteiger partial charge in [-0.15, -0.1) is 0 Å². The zero-order valence-electron chi connectivity index (χ0n) is 11.9. The Morgan fingerprint density at radius 2 is 1.86 bits per heavy atom. The lowest BCUT2D eigenvalue weighted by atomic mass is 10.00. The number of carbonyl (C=O) groups is 1. The lowest BCUT2D eigenvalue weighted by molar-refractivity contribution is -0.134. The van der Waals surface area contributed by atoms with Crippen molar-refractivity contribution in [2.75, 3.05) is 13.2 Å². The third kappa shape index (κ3) is 3.08. The van der Waals surface area contributed by atoms with Crippen LogP contribution >= 0.6 is 0 Å². The lowest BCUT2D eigenvalue weighted by Crippen LogP contribution is -2.38. The van der Waals surface area contributed by atoms with E-state index in [4.69, 9.17) is 4.74 Å². The Hall–Kier alpha value is -2.43. The molecule has 0 atom stereocenters. The maximum atomic E-state index is 13.1. The molecule has 0 aromatic heterocycles. The minimum absolute atomic E-state index is 0.143. The average molecular weight is 303 g/mol. The number of carbonyl (C=O) groups excluding carboxylic acids is 1. The molecule has 114 valence electrons. The molecule has 1 aliphatic rings. The van der Waals surface area contributed by atoms with Gasteiger partial charge in [0.2, 0.25) is 0 Å². The van der Waals surface area contributed by atoms with Crippen LogP contribution < -0.4 is 4.74 Å². The van der Waals surface area contributed by atoms with Crippen LogP contribution in [0.1, 0.15) is 11.1 Å². The van der Waals surface area contributed by atoms with Gasteiger partial charge in [0.1, 0.15) is 5.75 Å². The molecule has 5 heteroatoms. The van der Waals surface area contributed by atoms with Gasteiger partial charge in [0.25, 0.3) is 5.91 Å². The Morgan fingerprint density at radius 3 is 2.64 bits per heavy atom. The summed E-state index contributed by atoms with van der Waals surface area (Å²) in [7, 11) is 0. The smallest absolute Gasteiger partial charge is 0.260 e. The number of amides is 1. The highest BCUT2D eigenvalue weighted by Gasteiger charge is 2.20. The average Bonchev–Trinajstić information content (AvgIpc) is 2.55. The van der Waals surface area contributed by atoms with Crippen molar-refractivity contribution in [2.24, 2.45) is 0 Å². The number of hydrogen-bond donors (Lipinski definition) is 0. The molecule has 0 unspecified atom stereocenters. The van der Waals surface area contributed by atoms with E-state index in [1.807, 2.05) is 18.2 Å². The van der Waals surface area contributed by atoms with Crippen molar-refractivity contribution in [1.82, 2.24) is 4.90 Å². The molecule has 0 N–H and O–H groups in total. The van der Waals surface area contributed by atoms with Crippen molar-refractivity contribution in [3.63, 3.8) is 0 Å². The molecule has 0 bridgehead atoms. The van der Waals surface area contributed by atoms with Gasteiger partial charge in [-0.3, -0.25) is 4.79 Å². The van der Waals surface area contributed by atoms with Crippen LogP contribution in [0, 0.1) is 11.6 Å². The molecule has 2 aromatic carbocycles. The molecule has 1 heterocycles. The zero-order valence-corrected chi connectivity index (χ0v) is 11.9. The fourth-order valence-electron chi connectivity index (χ4n) is 2.51. The second kappa shape index (κ2) is 6.13. The van der Waals surface area contributed by atoms with Gasteiger partial charge in [0, 0.05) is 19.2 Å². The number of rotatable bonds is 3. The van der Waals surface area contributed by atoms with Crippen LogP contribution in [0.5, 0.6) is 5.75 Å². The van der Waals surface area contributed by atoms with E-state index in [1.54, 1.807) is 4.90 Å². The Morgan fingerprint density at radius 1 is 1.09 bits per heavy atom.